The van der Waals surface area contributed by atoms with E-state index in [1.165, 1.54) is 6.07 Å². The minimum atomic E-state index is -0.362. The van der Waals surface area contributed by atoms with Gasteiger partial charge in [0.15, 0.2) is 5.82 Å². The van der Waals surface area contributed by atoms with Crippen LogP contribution in [0.2, 0.25) is 5.02 Å². The second kappa shape index (κ2) is 6.12. The third-order valence-electron chi connectivity index (χ3n) is 2.76. The normalized spacial score (nSPS) is 12.6. The topological polar surface area (TPSA) is 51.0 Å². The summed E-state index contributed by atoms with van der Waals surface area (Å²) in [6.45, 7) is 4.72. The van der Waals surface area contributed by atoms with Crippen molar-refractivity contribution in [3.8, 4) is 0 Å². The van der Waals surface area contributed by atoms with Gasteiger partial charge in [0.25, 0.3) is 0 Å². The zero-order valence-corrected chi connectivity index (χ0v) is 11.5. The molecule has 4 nitrogen and oxygen atoms in total. The number of hydrogen-bond donors (Lipinski definition) is 1. The van der Waals surface area contributed by atoms with Crippen molar-refractivity contribution in [2.24, 2.45) is 0 Å². The Morgan fingerprint density at radius 2 is 2.26 bits per heavy atom. The summed E-state index contributed by atoms with van der Waals surface area (Å²) in [5.74, 6) is 0.551. The molecule has 0 fully saturated rings. The van der Waals surface area contributed by atoms with Gasteiger partial charge >= 0.3 is 0 Å². The fraction of sp³-hybridized carbons (Fsp3) is 0.385. The summed E-state index contributed by atoms with van der Waals surface area (Å²) >= 11 is 5.96. The number of rotatable bonds is 5. The number of benzene rings is 1. The molecule has 0 amide bonds. The summed E-state index contributed by atoms with van der Waals surface area (Å²) < 4.78 is 18.8. The fourth-order valence-corrected chi connectivity index (χ4v) is 2.00. The lowest BCUT2D eigenvalue weighted by Gasteiger charge is -2.05. The van der Waals surface area contributed by atoms with E-state index in [2.05, 4.69) is 15.5 Å². The van der Waals surface area contributed by atoms with E-state index in [-0.39, 0.29) is 18.3 Å². The van der Waals surface area contributed by atoms with Crippen LogP contribution in [0.25, 0.3) is 0 Å². The maximum Gasteiger partial charge on any atom is 0.243 e. The minimum absolute atomic E-state index is 0.0256. The molecule has 0 aliphatic heterocycles. The summed E-state index contributed by atoms with van der Waals surface area (Å²) in [5, 5.41) is 7.38. The Balaban J connectivity index is 2.16. The molecule has 1 aromatic carbocycles. The molecule has 0 aliphatic rings. The maximum absolute atomic E-state index is 13.6. The van der Waals surface area contributed by atoms with Crippen molar-refractivity contribution in [1.82, 2.24) is 15.5 Å². The molecule has 6 heteroatoms. The Labute approximate surface area is 116 Å². The molecule has 0 spiro atoms. The molecule has 1 aromatic heterocycles. The van der Waals surface area contributed by atoms with E-state index < -0.39 is 0 Å². The van der Waals surface area contributed by atoms with Crippen LogP contribution in [0.4, 0.5) is 4.39 Å². The number of halogens is 2. The Hall–Kier alpha value is -1.46. The molecule has 0 radical (unpaired) electrons. The van der Waals surface area contributed by atoms with E-state index in [0.717, 1.165) is 6.54 Å². The van der Waals surface area contributed by atoms with Crippen molar-refractivity contribution in [3.05, 3.63) is 46.3 Å². The lowest BCUT2D eigenvalue weighted by atomic mass is 10.1. The molecule has 2 rings (SSSR count). The van der Waals surface area contributed by atoms with E-state index in [1.54, 1.807) is 12.1 Å². The van der Waals surface area contributed by atoms with Gasteiger partial charge in [-0.15, -0.1) is 0 Å². The number of aromatic nitrogens is 2. The van der Waals surface area contributed by atoms with Crippen molar-refractivity contribution >= 4 is 11.6 Å². The Morgan fingerprint density at radius 1 is 1.47 bits per heavy atom. The molecule has 0 bridgehead atoms. The van der Waals surface area contributed by atoms with Gasteiger partial charge in [0.05, 0.1) is 6.04 Å². The predicted octanol–water partition coefficient (Wildman–Crippen LogP) is 3.12. The molecular weight excluding hydrogens is 269 g/mol. The number of nitrogens with zero attached hydrogens (tertiary/aromatic N) is 2. The molecule has 0 saturated carbocycles. The summed E-state index contributed by atoms with van der Waals surface area (Å²) in [6, 6.07) is 4.55. The van der Waals surface area contributed by atoms with E-state index in [4.69, 9.17) is 16.1 Å². The van der Waals surface area contributed by atoms with Crippen molar-refractivity contribution in [3.63, 3.8) is 0 Å². The van der Waals surface area contributed by atoms with Gasteiger partial charge in [-0.05, 0) is 25.6 Å². The van der Waals surface area contributed by atoms with E-state index in [0.29, 0.717) is 22.3 Å². The highest BCUT2D eigenvalue weighted by atomic mass is 35.5. The van der Waals surface area contributed by atoms with Gasteiger partial charge in [0.2, 0.25) is 5.89 Å². The smallest absolute Gasteiger partial charge is 0.243 e. The summed E-state index contributed by atoms with van der Waals surface area (Å²) in [6.07, 6.45) is 0.216. The highest BCUT2D eigenvalue weighted by Crippen LogP contribution is 2.21. The average Bonchev–Trinajstić information content (AvgIpc) is 2.83. The highest BCUT2D eigenvalue weighted by Gasteiger charge is 2.15. The van der Waals surface area contributed by atoms with E-state index >= 15 is 0 Å². The van der Waals surface area contributed by atoms with Gasteiger partial charge in [-0.25, -0.2) is 4.39 Å². The average molecular weight is 284 g/mol. The van der Waals surface area contributed by atoms with Crippen LogP contribution in [-0.4, -0.2) is 16.7 Å². The SMILES string of the molecule is CCNC(C)c1nc(Cc2c(F)cccc2Cl)no1. The lowest BCUT2D eigenvalue weighted by Crippen LogP contribution is -2.17. The zero-order chi connectivity index (χ0) is 13.8. The van der Waals surface area contributed by atoms with Gasteiger partial charge in [-0.1, -0.05) is 29.7 Å². The Morgan fingerprint density at radius 3 is 2.95 bits per heavy atom. The predicted molar refractivity (Wildman–Crippen MR) is 70.6 cm³/mol. The second-order valence-electron chi connectivity index (χ2n) is 4.21. The highest BCUT2D eigenvalue weighted by molar-refractivity contribution is 6.31. The Bertz CT molecular complexity index is 538. The summed E-state index contributed by atoms with van der Waals surface area (Å²) in [5.41, 5.74) is 0.382. The molecule has 1 atom stereocenters. The van der Waals surface area contributed by atoms with Crippen molar-refractivity contribution < 1.29 is 8.91 Å². The molecule has 19 heavy (non-hydrogen) atoms. The first kappa shape index (κ1) is 14.0. The largest absolute Gasteiger partial charge is 0.338 e. The van der Waals surface area contributed by atoms with Crippen LogP contribution >= 0.6 is 11.6 Å². The molecule has 1 unspecified atom stereocenters. The standard InChI is InChI=1S/C13H15ClFN3O/c1-3-16-8(2)13-17-12(18-19-13)7-9-10(14)5-4-6-11(9)15/h4-6,8,16H,3,7H2,1-2H3. The van der Waals surface area contributed by atoms with Gasteiger partial charge in [0.1, 0.15) is 5.82 Å². The number of hydrogen-bond acceptors (Lipinski definition) is 4. The molecule has 0 aliphatic carbocycles. The van der Waals surface area contributed by atoms with E-state index in [1.807, 2.05) is 13.8 Å². The van der Waals surface area contributed by atoms with Crippen molar-refractivity contribution in [2.75, 3.05) is 6.54 Å². The first-order valence-corrected chi connectivity index (χ1v) is 6.48. The van der Waals surface area contributed by atoms with Gasteiger partial charge in [0, 0.05) is 17.0 Å². The van der Waals surface area contributed by atoms with Crippen LogP contribution in [0.1, 0.15) is 37.2 Å². The maximum atomic E-state index is 13.6. The summed E-state index contributed by atoms with van der Waals surface area (Å²) in [4.78, 5) is 4.24. The molecule has 1 heterocycles. The van der Waals surface area contributed by atoms with Crippen molar-refractivity contribution in [1.29, 1.82) is 0 Å². The monoisotopic (exact) mass is 283 g/mol. The van der Waals surface area contributed by atoms with Crippen LogP contribution in [0, 0.1) is 5.82 Å². The zero-order valence-electron chi connectivity index (χ0n) is 10.8. The lowest BCUT2D eigenvalue weighted by molar-refractivity contribution is 0.339. The number of nitrogens with one attached hydrogen (secondary N) is 1. The van der Waals surface area contributed by atoms with E-state index in [9.17, 15) is 4.39 Å². The van der Waals surface area contributed by atoms with Crippen LogP contribution < -0.4 is 5.32 Å². The molecule has 2 aromatic rings. The molecule has 1 N–H and O–H groups in total. The first-order valence-electron chi connectivity index (χ1n) is 6.10. The van der Waals surface area contributed by atoms with Crippen molar-refractivity contribution in [2.45, 2.75) is 26.3 Å². The van der Waals surface area contributed by atoms with Gasteiger partial charge in [-0.2, -0.15) is 4.98 Å². The van der Waals surface area contributed by atoms with Crippen LogP contribution in [0.3, 0.4) is 0 Å². The quantitative estimate of drug-likeness (QED) is 0.916. The first-order chi connectivity index (χ1) is 9.11. The summed E-state index contributed by atoms with van der Waals surface area (Å²) in [7, 11) is 0. The second-order valence-corrected chi connectivity index (χ2v) is 4.61. The molecule has 0 saturated heterocycles. The third-order valence-corrected chi connectivity index (χ3v) is 3.12. The third kappa shape index (κ3) is 3.30. The van der Waals surface area contributed by atoms with Crippen LogP contribution in [-0.2, 0) is 6.42 Å². The Kier molecular flexibility index (Phi) is 4.50. The molecule has 102 valence electrons. The molecular formula is C13H15ClFN3O. The minimum Gasteiger partial charge on any atom is -0.338 e. The fourth-order valence-electron chi connectivity index (χ4n) is 1.77. The van der Waals surface area contributed by atoms with Crippen LogP contribution in [0.5, 0.6) is 0 Å². The van der Waals surface area contributed by atoms with Gasteiger partial charge in [-0.3, -0.25) is 0 Å². The van der Waals surface area contributed by atoms with Crippen LogP contribution in [0.15, 0.2) is 22.7 Å². The van der Waals surface area contributed by atoms with Gasteiger partial charge < -0.3 is 9.84 Å².